The van der Waals surface area contributed by atoms with E-state index in [4.69, 9.17) is 17.3 Å². The molecule has 1 fully saturated rings. The minimum Gasteiger partial charge on any atom is -0.392 e. The van der Waals surface area contributed by atoms with Crippen LogP contribution in [0.15, 0.2) is 54.6 Å². The number of nitrogens with zero attached hydrogens (tertiary/aromatic N) is 4. The molecule has 28 heavy (non-hydrogen) atoms. The third-order valence-electron chi connectivity index (χ3n) is 5.01. The van der Waals surface area contributed by atoms with Gasteiger partial charge in [0.15, 0.2) is 0 Å². The third kappa shape index (κ3) is 4.22. The van der Waals surface area contributed by atoms with Crippen LogP contribution in [-0.4, -0.2) is 43.5 Å². The highest BCUT2D eigenvalue weighted by Crippen LogP contribution is 2.18. The molecule has 1 aliphatic heterocycles. The highest BCUT2D eigenvalue weighted by Gasteiger charge is 2.20. The lowest BCUT2D eigenvalue weighted by Gasteiger charge is -2.29. The van der Waals surface area contributed by atoms with Gasteiger partial charge < -0.3 is 5.11 Å². The Bertz CT molecular complexity index is 984. The molecular weight excluding hydrogens is 375 g/mol. The minimum atomic E-state index is -0.300. The Kier molecular flexibility index (Phi) is 5.66. The van der Waals surface area contributed by atoms with Crippen molar-refractivity contribution in [2.45, 2.75) is 32.0 Å². The van der Waals surface area contributed by atoms with E-state index in [1.54, 1.807) is 16.8 Å². The van der Waals surface area contributed by atoms with E-state index < -0.39 is 0 Å². The van der Waals surface area contributed by atoms with Crippen molar-refractivity contribution in [2.75, 3.05) is 13.1 Å². The van der Waals surface area contributed by atoms with E-state index in [1.807, 2.05) is 22.8 Å². The van der Waals surface area contributed by atoms with Crippen molar-refractivity contribution < 1.29 is 9.50 Å². The number of benzene rings is 2. The first-order valence-corrected chi connectivity index (χ1v) is 9.90. The number of piperidine rings is 1. The Labute approximate surface area is 168 Å². The summed E-state index contributed by atoms with van der Waals surface area (Å²) in [4.78, 5) is 2.16. The van der Waals surface area contributed by atoms with E-state index in [1.165, 1.54) is 12.1 Å². The van der Waals surface area contributed by atoms with Crippen LogP contribution in [0.1, 0.15) is 24.2 Å². The normalized spacial score (nSPS) is 17.7. The molecule has 0 bridgehead atoms. The van der Waals surface area contributed by atoms with Gasteiger partial charge in [0.05, 0.1) is 12.8 Å². The molecule has 5 nitrogen and oxygen atoms in total. The maximum Gasteiger partial charge on any atom is 0.203 e. The maximum atomic E-state index is 13.4. The number of aliphatic hydroxyl groups is 1. The number of rotatable bonds is 5. The van der Waals surface area contributed by atoms with Crippen molar-refractivity contribution in [3.63, 3.8) is 0 Å². The van der Waals surface area contributed by atoms with Gasteiger partial charge in [0.2, 0.25) is 4.77 Å². The largest absolute Gasteiger partial charge is 0.392 e. The first-order valence-electron chi connectivity index (χ1n) is 9.49. The van der Waals surface area contributed by atoms with Gasteiger partial charge in [-0.05, 0) is 54.9 Å². The van der Waals surface area contributed by atoms with Gasteiger partial charge >= 0.3 is 0 Å². The summed E-state index contributed by atoms with van der Waals surface area (Å²) >= 11 is 5.72. The summed E-state index contributed by atoms with van der Waals surface area (Å²) < 4.78 is 17.7. The van der Waals surface area contributed by atoms with Gasteiger partial charge in [-0.2, -0.15) is 5.10 Å². The lowest BCUT2D eigenvalue weighted by atomic mass is 10.1. The number of β-amino-alcohol motifs (C(OH)–C–C–N with tert-alkyl or cyclic N) is 1. The highest BCUT2D eigenvalue weighted by atomic mass is 32.1. The summed E-state index contributed by atoms with van der Waals surface area (Å²) in [5.41, 5.74) is 1.92. The number of likely N-dealkylation sites (tertiary alicyclic amines) is 1. The first kappa shape index (κ1) is 19.0. The van der Waals surface area contributed by atoms with Crippen molar-refractivity contribution in [3.8, 4) is 5.69 Å². The van der Waals surface area contributed by atoms with Gasteiger partial charge in [-0.3, -0.25) is 9.47 Å². The van der Waals surface area contributed by atoms with Gasteiger partial charge in [0.25, 0.3) is 0 Å². The molecule has 0 amide bonds. The van der Waals surface area contributed by atoms with E-state index in [2.05, 4.69) is 17.0 Å². The second kappa shape index (κ2) is 8.34. The second-order valence-electron chi connectivity index (χ2n) is 7.19. The number of hydrogen-bond acceptors (Lipinski definition) is 4. The summed E-state index contributed by atoms with van der Waals surface area (Å²) in [5.74, 6) is 0.523. The molecule has 3 aromatic rings. The molecule has 7 heteroatoms. The molecule has 0 unspecified atom stereocenters. The van der Waals surface area contributed by atoms with Gasteiger partial charge in [-0.1, -0.05) is 30.3 Å². The van der Waals surface area contributed by atoms with Crippen molar-refractivity contribution in [1.29, 1.82) is 0 Å². The number of hydrogen-bond donors (Lipinski definition) is 1. The van der Waals surface area contributed by atoms with Crippen molar-refractivity contribution in [3.05, 3.63) is 76.6 Å². The predicted octanol–water partition coefficient (Wildman–Crippen LogP) is 3.55. The van der Waals surface area contributed by atoms with E-state index in [9.17, 15) is 9.50 Å². The van der Waals surface area contributed by atoms with Gasteiger partial charge in [0, 0.05) is 25.2 Å². The molecule has 1 N–H and O–H groups in total. The molecule has 146 valence electrons. The van der Waals surface area contributed by atoms with E-state index in [0.29, 0.717) is 24.4 Å². The Balaban J connectivity index is 1.70. The third-order valence-corrected chi connectivity index (χ3v) is 5.40. The summed E-state index contributed by atoms with van der Waals surface area (Å²) in [5, 5.41) is 14.7. The standard InChI is InChI=1S/C21H23FN4OS/c22-17-8-10-18(11-9-17)26-20(13-16-5-2-1-3-6-16)23-25(21(26)28)15-24-12-4-7-19(27)14-24/h1-3,5-6,8-11,19,27H,4,7,12-15H2/t19-/m0/s1. The molecular formula is C21H23FN4OS. The fourth-order valence-electron chi connectivity index (χ4n) is 3.64. The zero-order valence-corrected chi connectivity index (χ0v) is 16.4. The van der Waals surface area contributed by atoms with Crippen LogP contribution in [0.4, 0.5) is 4.39 Å². The lowest BCUT2D eigenvalue weighted by Crippen LogP contribution is -2.39. The van der Waals surface area contributed by atoms with Gasteiger partial charge in [-0.25, -0.2) is 9.07 Å². The lowest BCUT2D eigenvalue weighted by molar-refractivity contribution is 0.0512. The Hall–Kier alpha value is -2.35. The fourth-order valence-corrected chi connectivity index (χ4v) is 3.95. The first-order chi connectivity index (χ1) is 13.6. The Morgan fingerprint density at radius 1 is 1.11 bits per heavy atom. The molecule has 0 spiro atoms. The number of aliphatic hydroxyl groups excluding tert-OH is 1. The zero-order valence-electron chi connectivity index (χ0n) is 15.5. The van der Waals surface area contributed by atoms with Crippen LogP contribution in [0, 0.1) is 10.6 Å². The molecule has 0 aliphatic carbocycles. The molecule has 0 saturated carbocycles. The molecule has 4 rings (SSSR count). The topological polar surface area (TPSA) is 46.2 Å². The molecule has 1 saturated heterocycles. The fraction of sp³-hybridized carbons (Fsp3) is 0.333. The minimum absolute atomic E-state index is 0.283. The second-order valence-corrected chi connectivity index (χ2v) is 7.55. The summed E-state index contributed by atoms with van der Waals surface area (Å²) in [6, 6.07) is 16.4. The monoisotopic (exact) mass is 398 g/mol. The van der Waals surface area contributed by atoms with Gasteiger partial charge in [-0.15, -0.1) is 0 Å². The SMILES string of the molecule is O[C@H]1CCCN(Cn2nc(Cc3ccccc3)n(-c3ccc(F)cc3)c2=S)C1. The molecule has 1 atom stereocenters. The Morgan fingerprint density at radius 2 is 1.86 bits per heavy atom. The van der Waals surface area contributed by atoms with Crippen LogP contribution in [0.5, 0.6) is 0 Å². The van der Waals surface area contributed by atoms with Crippen LogP contribution in [-0.2, 0) is 13.1 Å². The molecule has 2 heterocycles. The highest BCUT2D eigenvalue weighted by molar-refractivity contribution is 7.71. The van der Waals surface area contributed by atoms with Crippen molar-refractivity contribution in [2.24, 2.45) is 0 Å². The quantitative estimate of drug-likeness (QED) is 0.668. The smallest absolute Gasteiger partial charge is 0.203 e. The molecule has 1 aromatic heterocycles. The summed E-state index contributed by atoms with van der Waals surface area (Å²) in [6.07, 6.45) is 2.12. The van der Waals surface area contributed by atoms with E-state index >= 15 is 0 Å². The van der Waals surface area contributed by atoms with E-state index in [0.717, 1.165) is 36.5 Å². The number of halogens is 1. The van der Waals surface area contributed by atoms with Crippen molar-refractivity contribution in [1.82, 2.24) is 19.2 Å². The number of aromatic nitrogens is 3. The summed E-state index contributed by atoms with van der Waals surface area (Å²) in [7, 11) is 0. The molecule has 0 radical (unpaired) electrons. The van der Waals surface area contributed by atoms with Crippen molar-refractivity contribution >= 4 is 12.2 Å². The van der Waals surface area contributed by atoms with Gasteiger partial charge in [0.1, 0.15) is 11.6 Å². The zero-order chi connectivity index (χ0) is 19.5. The maximum absolute atomic E-state index is 13.4. The van der Waals surface area contributed by atoms with Crippen LogP contribution >= 0.6 is 12.2 Å². The van der Waals surface area contributed by atoms with Crippen LogP contribution in [0.2, 0.25) is 0 Å². The van der Waals surface area contributed by atoms with Crippen LogP contribution in [0.3, 0.4) is 0 Å². The summed E-state index contributed by atoms with van der Waals surface area (Å²) in [6.45, 7) is 2.07. The average molecular weight is 399 g/mol. The Morgan fingerprint density at radius 3 is 2.57 bits per heavy atom. The molecule has 1 aliphatic rings. The average Bonchev–Trinajstić information content (AvgIpc) is 2.98. The van der Waals surface area contributed by atoms with Crippen LogP contribution in [0.25, 0.3) is 5.69 Å². The van der Waals surface area contributed by atoms with E-state index in [-0.39, 0.29) is 11.9 Å². The predicted molar refractivity (Wildman–Crippen MR) is 108 cm³/mol. The van der Waals surface area contributed by atoms with Crippen LogP contribution < -0.4 is 0 Å². The molecule has 2 aromatic carbocycles.